The van der Waals surface area contributed by atoms with E-state index in [-0.39, 0.29) is 10.7 Å². The van der Waals surface area contributed by atoms with Gasteiger partial charge in [0.15, 0.2) is 0 Å². The summed E-state index contributed by atoms with van der Waals surface area (Å²) in [5.41, 5.74) is 1.75. The standard InChI is InChI=1S/C18H14Cl2N2O3/c1-10-8-11(19)6-7-14(10)22-17(23)15(20)16(18(22)24)21-12-4-3-5-13(9-12)25-2/h3-9,21H,1-2H3. The van der Waals surface area contributed by atoms with Crippen molar-refractivity contribution in [3.8, 4) is 5.75 Å². The second kappa shape index (κ2) is 6.78. The minimum Gasteiger partial charge on any atom is -0.497 e. The Balaban J connectivity index is 1.93. The van der Waals surface area contributed by atoms with Crippen molar-refractivity contribution in [2.45, 2.75) is 6.92 Å². The van der Waals surface area contributed by atoms with Gasteiger partial charge in [0, 0.05) is 16.8 Å². The van der Waals surface area contributed by atoms with Gasteiger partial charge in [0.2, 0.25) is 0 Å². The Morgan fingerprint density at radius 1 is 1.04 bits per heavy atom. The number of anilines is 2. The molecule has 2 aromatic rings. The Bertz CT molecular complexity index is 909. The first-order valence-electron chi connectivity index (χ1n) is 7.38. The molecule has 0 aliphatic carbocycles. The Morgan fingerprint density at radius 2 is 1.80 bits per heavy atom. The highest BCUT2D eigenvalue weighted by atomic mass is 35.5. The average Bonchev–Trinajstić information content (AvgIpc) is 2.79. The van der Waals surface area contributed by atoms with Crippen LogP contribution in [0.4, 0.5) is 11.4 Å². The molecule has 0 fully saturated rings. The smallest absolute Gasteiger partial charge is 0.283 e. The van der Waals surface area contributed by atoms with Gasteiger partial charge >= 0.3 is 0 Å². The van der Waals surface area contributed by atoms with E-state index in [4.69, 9.17) is 27.9 Å². The van der Waals surface area contributed by atoms with Crippen LogP contribution in [-0.2, 0) is 9.59 Å². The van der Waals surface area contributed by atoms with Crippen molar-refractivity contribution in [2.24, 2.45) is 0 Å². The van der Waals surface area contributed by atoms with Crippen LogP contribution >= 0.6 is 23.2 Å². The Hall–Kier alpha value is -2.50. The van der Waals surface area contributed by atoms with Crippen molar-refractivity contribution in [1.82, 2.24) is 0 Å². The number of imide groups is 1. The maximum atomic E-state index is 12.8. The van der Waals surface area contributed by atoms with Gasteiger partial charge in [-0.3, -0.25) is 9.59 Å². The molecule has 0 saturated carbocycles. The minimum absolute atomic E-state index is 0.0225. The fraction of sp³-hybridized carbons (Fsp3) is 0.111. The van der Waals surface area contributed by atoms with Crippen LogP contribution in [0.1, 0.15) is 5.56 Å². The SMILES string of the molecule is COc1cccc(NC2=C(Cl)C(=O)N(c3ccc(Cl)cc3C)C2=O)c1. The molecule has 1 heterocycles. The third kappa shape index (κ3) is 3.21. The predicted octanol–water partition coefficient (Wildman–Crippen LogP) is 4.09. The second-order valence-corrected chi connectivity index (χ2v) is 6.24. The topological polar surface area (TPSA) is 58.6 Å². The molecule has 2 aromatic carbocycles. The fourth-order valence-corrected chi connectivity index (χ4v) is 2.98. The maximum Gasteiger partial charge on any atom is 0.283 e. The van der Waals surface area contributed by atoms with Gasteiger partial charge < -0.3 is 10.1 Å². The number of benzene rings is 2. The summed E-state index contributed by atoms with van der Waals surface area (Å²) < 4.78 is 5.15. The van der Waals surface area contributed by atoms with E-state index >= 15 is 0 Å². The number of halogens is 2. The summed E-state index contributed by atoms with van der Waals surface area (Å²) in [6, 6.07) is 11.9. The Morgan fingerprint density at radius 3 is 2.48 bits per heavy atom. The van der Waals surface area contributed by atoms with E-state index in [1.807, 2.05) is 0 Å². The molecular weight excluding hydrogens is 363 g/mol. The Labute approximate surface area is 154 Å². The number of amides is 2. The lowest BCUT2D eigenvalue weighted by Crippen LogP contribution is -2.32. The monoisotopic (exact) mass is 376 g/mol. The number of hydrogen-bond acceptors (Lipinski definition) is 4. The third-order valence-electron chi connectivity index (χ3n) is 3.77. The van der Waals surface area contributed by atoms with E-state index in [9.17, 15) is 9.59 Å². The largest absolute Gasteiger partial charge is 0.497 e. The van der Waals surface area contributed by atoms with Gasteiger partial charge in [0.1, 0.15) is 16.5 Å². The fourth-order valence-electron chi connectivity index (χ4n) is 2.55. The molecule has 128 valence electrons. The van der Waals surface area contributed by atoms with E-state index in [0.717, 1.165) is 4.90 Å². The highest BCUT2D eigenvalue weighted by Gasteiger charge is 2.39. The summed E-state index contributed by atoms with van der Waals surface area (Å²) in [6.45, 7) is 1.77. The van der Waals surface area contributed by atoms with Gasteiger partial charge in [0.05, 0.1) is 12.8 Å². The first-order chi connectivity index (χ1) is 11.9. The molecule has 1 N–H and O–H groups in total. The molecule has 0 unspecified atom stereocenters. The molecule has 0 spiro atoms. The van der Waals surface area contributed by atoms with Gasteiger partial charge in [-0.1, -0.05) is 29.3 Å². The van der Waals surface area contributed by atoms with Crippen LogP contribution in [0.3, 0.4) is 0 Å². The maximum absolute atomic E-state index is 12.8. The number of carbonyl (C=O) groups excluding carboxylic acids is 2. The highest BCUT2D eigenvalue weighted by molar-refractivity contribution is 6.53. The molecule has 0 radical (unpaired) electrons. The van der Waals surface area contributed by atoms with Gasteiger partial charge in [-0.25, -0.2) is 4.90 Å². The normalized spacial score (nSPS) is 14.3. The second-order valence-electron chi connectivity index (χ2n) is 5.42. The molecule has 5 nitrogen and oxygen atoms in total. The number of nitrogens with zero attached hydrogens (tertiary/aromatic N) is 1. The van der Waals surface area contributed by atoms with Crippen molar-refractivity contribution in [2.75, 3.05) is 17.3 Å². The molecule has 0 saturated heterocycles. The molecular formula is C18H14Cl2N2O3. The van der Waals surface area contributed by atoms with Crippen molar-refractivity contribution < 1.29 is 14.3 Å². The number of ether oxygens (including phenoxy) is 1. The molecule has 0 atom stereocenters. The summed E-state index contributed by atoms with van der Waals surface area (Å²) in [4.78, 5) is 26.3. The lowest BCUT2D eigenvalue weighted by atomic mass is 10.2. The lowest BCUT2D eigenvalue weighted by Gasteiger charge is -2.17. The molecule has 0 aromatic heterocycles. The molecule has 1 aliphatic rings. The number of nitrogens with one attached hydrogen (secondary N) is 1. The van der Waals surface area contributed by atoms with Crippen LogP contribution in [0.15, 0.2) is 53.2 Å². The number of carbonyl (C=O) groups is 2. The minimum atomic E-state index is -0.581. The number of aryl methyl sites for hydroxylation is 1. The summed E-state index contributed by atoms with van der Waals surface area (Å²) >= 11 is 12.1. The zero-order chi connectivity index (χ0) is 18.1. The van der Waals surface area contributed by atoms with Crippen LogP contribution in [0.2, 0.25) is 5.02 Å². The molecule has 3 rings (SSSR count). The van der Waals surface area contributed by atoms with E-state index in [1.165, 1.54) is 0 Å². The zero-order valence-electron chi connectivity index (χ0n) is 13.5. The van der Waals surface area contributed by atoms with Crippen LogP contribution in [0.5, 0.6) is 5.75 Å². The van der Waals surface area contributed by atoms with Crippen molar-refractivity contribution >= 4 is 46.4 Å². The van der Waals surface area contributed by atoms with E-state index in [0.29, 0.717) is 27.7 Å². The lowest BCUT2D eigenvalue weighted by molar-refractivity contribution is -0.120. The summed E-state index contributed by atoms with van der Waals surface area (Å²) in [5.74, 6) is -0.491. The highest BCUT2D eigenvalue weighted by Crippen LogP contribution is 2.33. The van der Waals surface area contributed by atoms with E-state index in [2.05, 4.69) is 5.32 Å². The average molecular weight is 377 g/mol. The molecule has 0 bridgehead atoms. The van der Waals surface area contributed by atoms with Gasteiger partial charge in [-0.05, 0) is 42.8 Å². The van der Waals surface area contributed by atoms with Crippen LogP contribution in [-0.4, -0.2) is 18.9 Å². The number of hydrogen-bond donors (Lipinski definition) is 1. The first-order valence-corrected chi connectivity index (χ1v) is 8.13. The first kappa shape index (κ1) is 17.3. The summed E-state index contributed by atoms with van der Waals surface area (Å²) in [7, 11) is 1.54. The molecule has 7 heteroatoms. The van der Waals surface area contributed by atoms with Crippen molar-refractivity contribution in [3.63, 3.8) is 0 Å². The molecule has 25 heavy (non-hydrogen) atoms. The van der Waals surface area contributed by atoms with Gasteiger partial charge in [0.25, 0.3) is 11.8 Å². The van der Waals surface area contributed by atoms with E-state index < -0.39 is 11.8 Å². The van der Waals surface area contributed by atoms with Gasteiger partial charge in [-0.2, -0.15) is 0 Å². The Kier molecular flexibility index (Phi) is 4.70. The predicted molar refractivity (Wildman–Crippen MR) is 98.2 cm³/mol. The van der Waals surface area contributed by atoms with E-state index in [1.54, 1.807) is 56.5 Å². The van der Waals surface area contributed by atoms with Crippen LogP contribution in [0, 0.1) is 6.92 Å². The van der Waals surface area contributed by atoms with Gasteiger partial charge in [-0.15, -0.1) is 0 Å². The third-order valence-corrected chi connectivity index (χ3v) is 4.35. The van der Waals surface area contributed by atoms with Crippen LogP contribution in [0.25, 0.3) is 0 Å². The molecule has 1 aliphatic heterocycles. The summed E-state index contributed by atoms with van der Waals surface area (Å²) in [6.07, 6.45) is 0. The van der Waals surface area contributed by atoms with Crippen molar-refractivity contribution in [1.29, 1.82) is 0 Å². The van der Waals surface area contributed by atoms with Crippen molar-refractivity contribution in [3.05, 3.63) is 63.8 Å². The summed E-state index contributed by atoms with van der Waals surface area (Å²) in [5, 5.41) is 3.26. The van der Waals surface area contributed by atoms with Crippen LogP contribution < -0.4 is 15.0 Å². The quantitative estimate of drug-likeness (QED) is 0.816. The zero-order valence-corrected chi connectivity index (χ0v) is 15.0. The number of methoxy groups -OCH3 is 1. The number of rotatable bonds is 4. The molecule has 2 amide bonds.